The molecule has 0 saturated carbocycles. The minimum Gasteiger partial charge on any atom is -0.455 e. The number of fused-ring (bicyclic) bond motifs is 5. The Morgan fingerprint density at radius 1 is 1.05 bits per heavy atom. The van der Waals surface area contributed by atoms with E-state index in [1.807, 2.05) is 53.4 Å². The van der Waals surface area contributed by atoms with Crippen molar-refractivity contribution in [3.05, 3.63) is 54.1 Å². The maximum Gasteiger partial charge on any atom is 0.244 e. The SMILES string of the molecule is O=C1C2Cc3ccccc3Oc3ccccc3N1CCN2. The second-order valence-corrected chi connectivity index (χ2v) is 5.38. The number of hydrogen-bond donors (Lipinski definition) is 1. The molecule has 1 unspecified atom stereocenters. The standard InChI is InChI=1S/C17H16N2O2/c20-17-13-11-12-5-1-3-7-15(12)21-16-8-4-2-6-14(16)19(17)10-9-18-13/h1-8,13,18H,9-11H2. The number of para-hydroxylation sites is 3. The van der Waals surface area contributed by atoms with Crippen molar-refractivity contribution < 1.29 is 9.53 Å². The summed E-state index contributed by atoms with van der Waals surface area (Å²) in [6.45, 7) is 1.47. The van der Waals surface area contributed by atoms with Crippen LogP contribution in [0, 0.1) is 0 Å². The molecule has 1 saturated heterocycles. The molecule has 2 aromatic carbocycles. The number of benzene rings is 2. The molecular weight excluding hydrogens is 264 g/mol. The van der Waals surface area contributed by atoms with Gasteiger partial charge in [0.15, 0.2) is 5.75 Å². The lowest BCUT2D eigenvalue weighted by atomic mass is 10.0. The topological polar surface area (TPSA) is 41.6 Å². The maximum absolute atomic E-state index is 12.7. The Bertz CT molecular complexity index is 699. The zero-order chi connectivity index (χ0) is 14.2. The van der Waals surface area contributed by atoms with Gasteiger partial charge in [0.1, 0.15) is 5.75 Å². The minimum atomic E-state index is -0.186. The molecule has 1 fully saturated rings. The summed E-state index contributed by atoms with van der Waals surface area (Å²) in [5, 5.41) is 3.32. The van der Waals surface area contributed by atoms with Crippen LogP contribution in [0.15, 0.2) is 48.5 Å². The first-order chi connectivity index (χ1) is 10.3. The van der Waals surface area contributed by atoms with E-state index < -0.39 is 0 Å². The molecule has 1 amide bonds. The van der Waals surface area contributed by atoms with E-state index in [1.54, 1.807) is 0 Å². The van der Waals surface area contributed by atoms with Crippen molar-refractivity contribution in [3.8, 4) is 11.5 Å². The van der Waals surface area contributed by atoms with Gasteiger partial charge in [-0.05, 0) is 23.8 Å². The van der Waals surface area contributed by atoms with Crippen molar-refractivity contribution in [2.75, 3.05) is 18.0 Å². The predicted octanol–water partition coefficient (Wildman–Crippen LogP) is 2.34. The largest absolute Gasteiger partial charge is 0.455 e. The summed E-state index contributed by atoms with van der Waals surface area (Å²) in [6, 6.07) is 15.5. The highest BCUT2D eigenvalue weighted by Crippen LogP contribution is 2.36. The van der Waals surface area contributed by atoms with Gasteiger partial charge >= 0.3 is 0 Å². The number of piperazine rings is 1. The highest BCUT2D eigenvalue weighted by Gasteiger charge is 2.32. The predicted molar refractivity (Wildman–Crippen MR) is 80.8 cm³/mol. The highest BCUT2D eigenvalue weighted by atomic mass is 16.5. The van der Waals surface area contributed by atoms with Crippen LogP contribution in [0.3, 0.4) is 0 Å². The minimum absolute atomic E-state index is 0.119. The first-order valence-corrected chi connectivity index (χ1v) is 7.22. The Morgan fingerprint density at radius 3 is 2.71 bits per heavy atom. The van der Waals surface area contributed by atoms with Crippen LogP contribution in [0.2, 0.25) is 0 Å². The Hall–Kier alpha value is -2.33. The quantitative estimate of drug-likeness (QED) is 0.805. The molecule has 2 aliphatic rings. The monoisotopic (exact) mass is 280 g/mol. The van der Waals surface area contributed by atoms with Gasteiger partial charge in [0.05, 0.1) is 11.7 Å². The van der Waals surface area contributed by atoms with Gasteiger partial charge in [0.25, 0.3) is 0 Å². The fourth-order valence-electron chi connectivity index (χ4n) is 3.01. The summed E-state index contributed by atoms with van der Waals surface area (Å²) in [5.74, 6) is 1.68. The Labute approximate surface area is 123 Å². The first-order valence-electron chi connectivity index (χ1n) is 7.22. The van der Waals surface area contributed by atoms with E-state index in [0.29, 0.717) is 13.0 Å². The van der Waals surface area contributed by atoms with Gasteiger partial charge in [-0.2, -0.15) is 0 Å². The van der Waals surface area contributed by atoms with Crippen LogP contribution in [0.5, 0.6) is 11.5 Å². The summed E-state index contributed by atoms with van der Waals surface area (Å²) < 4.78 is 6.10. The molecule has 2 aromatic rings. The van der Waals surface area contributed by atoms with Crippen LogP contribution in [0.4, 0.5) is 5.69 Å². The van der Waals surface area contributed by atoms with Crippen molar-refractivity contribution in [1.82, 2.24) is 5.32 Å². The second-order valence-electron chi connectivity index (χ2n) is 5.38. The van der Waals surface area contributed by atoms with Gasteiger partial charge in [-0.1, -0.05) is 30.3 Å². The summed E-state index contributed by atoms with van der Waals surface area (Å²) in [7, 11) is 0. The number of rotatable bonds is 0. The van der Waals surface area contributed by atoms with Gasteiger partial charge in [0.2, 0.25) is 5.91 Å². The van der Waals surface area contributed by atoms with Crippen LogP contribution >= 0.6 is 0 Å². The average molecular weight is 280 g/mol. The van der Waals surface area contributed by atoms with Crippen LogP contribution < -0.4 is 15.0 Å². The lowest BCUT2D eigenvalue weighted by molar-refractivity contribution is -0.121. The van der Waals surface area contributed by atoms with Gasteiger partial charge < -0.3 is 15.0 Å². The third-order valence-electron chi connectivity index (χ3n) is 4.06. The van der Waals surface area contributed by atoms with Crippen molar-refractivity contribution in [3.63, 3.8) is 0 Å². The molecule has 2 aliphatic heterocycles. The molecular formula is C17H16N2O2. The van der Waals surface area contributed by atoms with E-state index in [9.17, 15) is 4.79 Å². The summed E-state index contributed by atoms with van der Waals surface area (Å²) in [4.78, 5) is 14.5. The number of nitrogens with zero attached hydrogens (tertiary/aromatic N) is 1. The number of carbonyl (C=O) groups is 1. The Morgan fingerprint density at radius 2 is 1.81 bits per heavy atom. The molecule has 0 radical (unpaired) electrons. The van der Waals surface area contributed by atoms with Crippen LogP contribution in [0.25, 0.3) is 0 Å². The smallest absolute Gasteiger partial charge is 0.244 e. The van der Waals surface area contributed by atoms with Gasteiger partial charge in [-0.3, -0.25) is 4.79 Å². The van der Waals surface area contributed by atoms with E-state index >= 15 is 0 Å². The molecule has 2 heterocycles. The fourth-order valence-corrected chi connectivity index (χ4v) is 3.01. The van der Waals surface area contributed by atoms with Gasteiger partial charge in [-0.15, -0.1) is 0 Å². The molecule has 4 rings (SSSR count). The van der Waals surface area contributed by atoms with Crippen molar-refractivity contribution in [1.29, 1.82) is 0 Å². The molecule has 106 valence electrons. The molecule has 4 heteroatoms. The lowest BCUT2D eigenvalue weighted by Gasteiger charge is -2.33. The Kier molecular flexibility index (Phi) is 2.89. The Balaban J connectivity index is 1.90. The summed E-state index contributed by atoms with van der Waals surface area (Å²) >= 11 is 0. The number of hydrogen-bond acceptors (Lipinski definition) is 3. The van der Waals surface area contributed by atoms with E-state index in [-0.39, 0.29) is 11.9 Å². The molecule has 4 nitrogen and oxygen atoms in total. The van der Waals surface area contributed by atoms with E-state index in [2.05, 4.69) is 5.32 Å². The fraction of sp³-hybridized carbons (Fsp3) is 0.235. The zero-order valence-corrected chi connectivity index (χ0v) is 11.6. The molecule has 21 heavy (non-hydrogen) atoms. The first kappa shape index (κ1) is 12.4. The van der Waals surface area contributed by atoms with Crippen molar-refractivity contribution in [2.24, 2.45) is 0 Å². The summed E-state index contributed by atoms with van der Waals surface area (Å²) in [5.41, 5.74) is 1.91. The van der Waals surface area contributed by atoms with E-state index in [0.717, 1.165) is 29.3 Å². The maximum atomic E-state index is 12.7. The van der Waals surface area contributed by atoms with E-state index in [1.165, 1.54) is 0 Å². The molecule has 0 spiro atoms. The second kappa shape index (κ2) is 4.90. The number of carbonyl (C=O) groups excluding carboxylic acids is 1. The molecule has 1 atom stereocenters. The highest BCUT2D eigenvalue weighted by molar-refractivity contribution is 5.99. The number of ether oxygens (including phenoxy) is 1. The van der Waals surface area contributed by atoms with Crippen LogP contribution in [-0.4, -0.2) is 25.0 Å². The molecule has 0 aliphatic carbocycles. The van der Waals surface area contributed by atoms with Gasteiger partial charge in [-0.25, -0.2) is 0 Å². The van der Waals surface area contributed by atoms with Crippen LogP contribution in [-0.2, 0) is 11.2 Å². The normalized spacial score (nSPS) is 20.5. The molecule has 1 N–H and O–H groups in total. The van der Waals surface area contributed by atoms with Crippen LogP contribution in [0.1, 0.15) is 5.56 Å². The zero-order valence-electron chi connectivity index (χ0n) is 11.6. The summed E-state index contributed by atoms with van der Waals surface area (Å²) in [6.07, 6.45) is 0.652. The lowest BCUT2D eigenvalue weighted by Crippen LogP contribution is -2.56. The number of amides is 1. The number of nitrogens with one attached hydrogen (secondary N) is 1. The van der Waals surface area contributed by atoms with E-state index in [4.69, 9.17) is 4.74 Å². The molecule has 2 bridgehead atoms. The van der Waals surface area contributed by atoms with Crippen molar-refractivity contribution >= 4 is 11.6 Å². The third kappa shape index (κ3) is 2.08. The molecule has 0 aromatic heterocycles. The van der Waals surface area contributed by atoms with Gasteiger partial charge in [0, 0.05) is 19.5 Å². The third-order valence-corrected chi connectivity index (χ3v) is 4.06. The van der Waals surface area contributed by atoms with Crippen molar-refractivity contribution in [2.45, 2.75) is 12.5 Å². The average Bonchev–Trinajstić information content (AvgIpc) is 2.54. The number of anilines is 1.